The summed E-state index contributed by atoms with van der Waals surface area (Å²) in [5.74, 6) is 0.894. The van der Waals surface area contributed by atoms with E-state index < -0.39 is 11.0 Å². The van der Waals surface area contributed by atoms with E-state index in [0.717, 1.165) is 16.7 Å². The second-order valence-electron chi connectivity index (χ2n) is 7.79. The molecule has 1 aromatic heterocycles. The zero-order valence-corrected chi connectivity index (χ0v) is 15.1. The molecular weight excluding hydrogens is 344 g/mol. The van der Waals surface area contributed by atoms with Crippen LogP contribution in [-0.2, 0) is 5.41 Å². The van der Waals surface area contributed by atoms with Crippen molar-refractivity contribution in [3.8, 4) is 5.75 Å². The number of fused-ring (bicyclic) bond motifs is 4. The van der Waals surface area contributed by atoms with Gasteiger partial charge in [0.25, 0.3) is 0 Å². The molecule has 0 saturated carbocycles. The fraction of sp³-hybridized carbons (Fsp3) is 0.0769. The minimum atomic E-state index is -0.573. The van der Waals surface area contributed by atoms with Gasteiger partial charge in [-0.25, -0.2) is 0 Å². The van der Waals surface area contributed by atoms with Crippen LogP contribution in [0.2, 0.25) is 0 Å². The van der Waals surface area contributed by atoms with Crippen molar-refractivity contribution in [1.82, 2.24) is 0 Å². The summed E-state index contributed by atoms with van der Waals surface area (Å²) in [4.78, 5) is 0. The van der Waals surface area contributed by atoms with Crippen molar-refractivity contribution in [2.45, 2.75) is 11.0 Å². The molecule has 2 heterocycles. The molecule has 0 spiro atoms. The van der Waals surface area contributed by atoms with E-state index in [4.69, 9.17) is 9.15 Å². The van der Waals surface area contributed by atoms with Gasteiger partial charge in [-0.2, -0.15) is 0 Å². The van der Waals surface area contributed by atoms with Crippen LogP contribution in [-0.4, -0.2) is 5.60 Å². The minimum absolute atomic E-state index is 0.412. The van der Waals surface area contributed by atoms with Crippen molar-refractivity contribution in [2.75, 3.05) is 0 Å². The number of benzene rings is 3. The lowest BCUT2D eigenvalue weighted by atomic mass is 9.55. The number of furan rings is 1. The van der Waals surface area contributed by atoms with Crippen LogP contribution in [0.25, 0.3) is 23.1 Å². The first kappa shape index (κ1) is 14.5. The Morgan fingerprint density at radius 1 is 0.679 bits per heavy atom. The molecule has 0 N–H and O–H groups in total. The Bertz CT molecular complexity index is 1290. The summed E-state index contributed by atoms with van der Waals surface area (Å²) in [7, 11) is 0. The van der Waals surface area contributed by atoms with Gasteiger partial charge in [-0.15, -0.1) is 0 Å². The lowest BCUT2D eigenvalue weighted by Gasteiger charge is -2.47. The van der Waals surface area contributed by atoms with E-state index in [1.807, 2.05) is 12.1 Å². The Balaban J connectivity index is 1.72. The third-order valence-corrected chi connectivity index (χ3v) is 6.57. The van der Waals surface area contributed by atoms with Crippen LogP contribution in [0.3, 0.4) is 0 Å². The second kappa shape index (κ2) is 4.66. The molecular formula is C26H16O2. The lowest BCUT2D eigenvalue weighted by molar-refractivity contribution is 0.151. The standard InChI is InChI=1S/C26H16O2/c1-3-7-20-17(5-1)9-12-25-13-10-18-6-2-4-8-21(18)26(20,25)22-15-19-11-14-27-23(19)16-24(22)28-25/h1-16H. The average Bonchev–Trinajstić information content (AvgIpc) is 3.32. The van der Waals surface area contributed by atoms with Gasteiger partial charge >= 0.3 is 0 Å². The summed E-state index contributed by atoms with van der Waals surface area (Å²) in [6.45, 7) is 0. The van der Waals surface area contributed by atoms with Crippen LogP contribution in [0.4, 0.5) is 0 Å². The number of hydrogen-bond acceptors (Lipinski definition) is 2. The molecule has 2 aliphatic carbocycles. The van der Waals surface area contributed by atoms with Crippen molar-refractivity contribution >= 4 is 23.1 Å². The van der Waals surface area contributed by atoms with Crippen molar-refractivity contribution in [3.63, 3.8) is 0 Å². The fourth-order valence-corrected chi connectivity index (χ4v) is 5.46. The van der Waals surface area contributed by atoms with Crippen molar-refractivity contribution in [3.05, 3.63) is 113 Å². The van der Waals surface area contributed by atoms with Crippen LogP contribution in [0, 0.1) is 0 Å². The first-order valence-corrected chi connectivity index (χ1v) is 9.60. The van der Waals surface area contributed by atoms with Crippen molar-refractivity contribution in [2.24, 2.45) is 0 Å². The molecule has 132 valence electrons. The molecule has 28 heavy (non-hydrogen) atoms. The highest BCUT2D eigenvalue weighted by Crippen LogP contribution is 2.63. The van der Waals surface area contributed by atoms with Gasteiger partial charge < -0.3 is 9.15 Å². The summed E-state index contributed by atoms with van der Waals surface area (Å²) < 4.78 is 12.4. The molecule has 2 nitrogen and oxygen atoms in total. The number of hydrogen-bond donors (Lipinski definition) is 0. The monoisotopic (exact) mass is 360 g/mol. The maximum Gasteiger partial charge on any atom is 0.164 e. The lowest BCUT2D eigenvalue weighted by Crippen LogP contribution is -2.53. The Kier molecular flexibility index (Phi) is 2.42. The highest BCUT2D eigenvalue weighted by molar-refractivity contribution is 5.87. The van der Waals surface area contributed by atoms with Gasteiger partial charge in [0.1, 0.15) is 11.3 Å². The Morgan fingerprint density at radius 2 is 1.36 bits per heavy atom. The third-order valence-electron chi connectivity index (χ3n) is 6.57. The molecule has 2 heteroatoms. The van der Waals surface area contributed by atoms with E-state index in [1.165, 1.54) is 27.8 Å². The number of rotatable bonds is 0. The average molecular weight is 360 g/mol. The molecule has 7 rings (SSSR count). The molecule has 4 aromatic rings. The van der Waals surface area contributed by atoms with Gasteiger partial charge in [-0.3, -0.25) is 0 Å². The molecule has 0 saturated heterocycles. The fourth-order valence-electron chi connectivity index (χ4n) is 5.46. The van der Waals surface area contributed by atoms with E-state index in [2.05, 4.69) is 78.9 Å². The molecule has 0 atom stereocenters. The molecule has 3 aromatic carbocycles. The van der Waals surface area contributed by atoms with E-state index in [9.17, 15) is 0 Å². The van der Waals surface area contributed by atoms with Gasteiger partial charge in [0.2, 0.25) is 0 Å². The largest absolute Gasteiger partial charge is 0.477 e. The van der Waals surface area contributed by atoms with E-state index >= 15 is 0 Å². The van der Waals surface area contributed by atoms with E-state index in [-0.39, 0.29) is 0 Å². The number of ether oxygens (including phenoxy) is 1. The van der Waals surface area contributed by atoms with Crippen LogP contribution < -0.4 is 4.74 Å². The zero-order valence-electron chi connectivity index (χ0n) is 15.1. The van der Waals surface area contributed by atoms with Gasteiger partial charge in [-0.1, -0.05) is 60.7 Å². The molecule has 0 fully saturated rings. The van der Waals surface area contributed by atoms with Crippen LogP contribution >= 0.6 is 0 Å². The van der Waals surface area contributed by atoms with Crippen molar-refractivity contribution < 1.29 is 9.15 Å². The first-order valence-electron chi connectivity index (χ1n) is 9.60. The highest BCUT2D eigenvalue weighted by atomic mass is 16.5. The summed E-state index contributed by atoms with van der Waals surface area (Å²) in [5.41, 5.74) is 6.14. The van der Waals surface area contributed by atoms with Gasteiger partial charge in [-0.05, 0) is 46.5 Å². The van der Waals surface area contributed by atoms with Gasteiger partial charge in [0.05, 0.1) is 11.7 Å². The van der Waals surface area contributed by atoms with Crippen molar-refractivity contribution in [1.29, 1.82) is 0 Å². The summed E-state index contributed by atoms with van der Waals surface area (Å²) >= 11 is 0. The van der Waals surface area contributed by atoms with E-state index in [0.29, 0.717) is 0 Å². The predicted octanol–water partition coefficient (Wildman–Crippen LogP) is 5.95. The Morgan fingerprint density at radius 3 is 2.07 bits per heavy atom. The minimum Gasteiger partial charge on any atom is -0.477 e. The molecule has 3 aliphatic rings. The summed E-state index contributed by atoms with van der Waals surface area (Å²) in [5, 5.41) is 1.10. The van der Waals surface area contributed by atoms with Gasteiger partial charge in [0.15, 0.2) is 5.60 Å². The van der Waals surface area contributed by atoms with Crippen LogP contribution in [0.15, 0.2) is 89.6 Å². The molecule has 1 aliphatic heterocycles. The SMILES string of the molecule is C1=CC23C=Cc4ccccc4C2(c2ccccc21)c1cc2ccoc2cc1O3. The second-order valence-corrected chi connectivity index (χ2v) is 7.79. The summed E-state index contributed by atoms with van der Waals surface area (Å²) in [6, 6.07) is 23.7. The molecule has 0 amide bonds. The van der Waals surface area contributed by atoms with Gasteiger partial charge in [0, 0.05) is 17.0 Å². The van der Waals surface area contributed by atoms with Crippen LogP contribution in [0.5, 0.6) is 5.75 Å². The van der Waals surface area contributed by atoms with E-state index in [1.54, 1.807) is 6.26 Å². The normalized spacial score (nSPS) is 25.4. The first-order chi connectivity index (χ1) is 13.8. The predicted molar refractivity (Wildman–Crippen MR) is 110 cm³/mol. The third kappa shape index (κ3) is 1.45. The smallest absolute Gasteiger partial charge is 0.164 e. The Labute approximate surface area is 162 Å². The topological polar surface area (TPSA) is 22.4 Å². The molecule has 0 unspecified atom stereocenters. The molecule has 0 bridgehead atoms. The Hall–Kier alpha value is -3.52. The highest BCUT2D eigenvalue weighted by Gasteiger charge is 2.63. The van der Waals surface area contributed by atoms with Crippen LogP contribution in [0.1, 0.15) is 27.8 Å². The quantitative estimate of drug-likeness (QED) is 0.386. The summed E-state index contributed by atoms with van der Waals surface area (Å²) in [6.07, 6.45) is 10.6. The zero-order chi connectivity index (χ0) is 18.3. The maximum absolute atomic E-state index is 6.75. The maximum atomic E-state index is 6.75. The molecule has 0 radical (unpaired) electrons.